The van der Waals surface area contributed by atoms with E-state index in [1.807, 2.05) is 13.8 Å². The van der Waals surface area contributed by atoms with Crippen LogP contribution in [0.1, 0.15) is 37.0 Å². The monoisotopic (exact) mass is 294 g/mol. The van der Waals surface area contributed by atoms with Crippen LogP contribution in [0.4, 0.5) is 0 Å². The number of piperidine rings is 1. The van der Waals surface area contributed by atoms with Crippen LogP contribution in [-0.2, 0) is 11.3 Å². The minimum Gasteiger partial charge on any atom is -0.476 e. The Balaban J connectivity index is 2.10. The summed E-state index contributed by atoms with van der Waals surface area (Å²) in [7, 11) is 0. The van der Waals surface area contributed by atoms with Crippen LogP contribution in [0.15, 0.2) is 6.20 Å². The SMILES string of the molecule is CCOc1nn(CC)cc1C(=O)N1CCC(C(N)=O)CC1. The Morgan fingerprint density at radius 1 is 1.38 bits per heavy atom. The van der Waals surface area contributed by atoms with Crippen molar-refractivity contribution in [2.24, 2.45) is 11.7 Å². The van der Waals surface area contributed by atoms with Gasteiger partial charge in [0, 0.05) is 31.7 Å². The largest absolute Gasteiger partial charge is 0.476 e. The van der Waals surface area contributed by atoms with Gasteiger partial charge in [-0.2, -0.15) is 0 Å². The number of aryl methyl sites for hydroxylation is 1. The van der Waals surface area contributed by atoms with E-state index in [2.05, 4.69) is 5.10 Å². The maximum atomic E-state index is 12.6. The van der Waals surface area contributed by atoms with Crippen molar-refractivity contribution in [3.05, 3.63) is 11.8 Å². The molecule has 1 aliphatic heterocycles. The molecule has 0 aromatic carbocycles. The van der Waals surface area contributed by atoms with Crippen molar-refractivity contribution >= 4 is 11.8 Å². The van der Waals surface area contributed by atoms with Gasteiger partial charge >= 0.3 is 0 Å². The first kappa shape index (κ1) is 15.3. The molecule has 0 saturated carbocycles. The zero-order chi connectivity index (χ0) is 15.4. The number of nitrogens with two attached hydrogens (primary N) is 1. The van der Waals surface area contributed by atoms with Crippen LogP contribution in [0, 0.1) is 5.92 Å². The van der Waals surface area contributed by atoms with Gasteiger partial charge in [0.2, 0.25) is 11.8 Å². The van der Waals surface area contributed by atoms with E-state index in [1.54, 1.807) is 15.8 Å². The molecule has 0 radical (unpaired) electrons. The number of amides is 2. The normalized spacial score (nSPS) is 16.0. The van der Waals surface area contributed by atoms with Crippen molar-refractivity contribution in [3.8, 4) is 5.88 Å². The Morgan fingerprint density at radius 3 is 2.57 bits per heavy atom. The predicted octanol–water partition coefficient (Wildman–Crippen LogP) is 0.639. The highest BCUT2D eigenvalue weighted by atomic mass is 16.5. The summed E-state index contributed by atoms with van der Waals surface area (Å²) < 4.78 is 7.13. The average Bonchev–Trinajstić information content (AvgIpc) is 2.90. The fourth-order valence-corrected chi connectivity index (χ4v) is 2.49. The molecule has 0 aliphatic carbocycles. The molecule has 1 aromatic heterocycles. The van der Waals surface area contributed by atoms with Gasteiger partial charge in [0.1, 0.15) is 5.56 Å². The number of nitrogens with zero attached hydrogens (tertiary/aromatic N) is 3. The van der Waals surface area contributed by atoms with Crippen LogP contribution in [0.5, 0.6) is 5.88 Å². The van der Waals surface area contributed by atoms with Gasteiger partial charge in [0.25, 0.3) is 5.91 Å². The topological polar surface area (TPSA) is 90.5 Å². The first-order chi connectivity index (χ1) is 10.1. The summed E-state index contributed by atoms with van der Waals surface area (Å²) in [5, 5.41) is 4.25. The van der Waals surface area contributed by atoms with E-state index in [9.17, 15) is 9.59 Å². The minimum atomic E-state index is -0.282. The van der Waals surface area contributed by atoms with Gasteiger partial charge in [-0.3, -0.25) is 14.3 Å². The number of hydrogen-bond acceptors (Lipinski definition) is 4. The summed E-state index contributed by atoms with van der Waals surface area (Å²) in [6.07, 6.45) is 2.95. The van der Waals surface area contributed by atoms with E-state index in [1.165, 1.54) is 0 Å². The first-order valence-electron chi connectivity index (χ1n) is 7.35. The highest BCUT2D eigenvalue weighted by Gasteiger charge is 2.29. The summed E-state index contributed by atoms with van der Waals surface area (Å²) in [5.74, 6) is -0.128. The Labute approximate surface area is 124 Å². The molecule has 0 bridgehead atoms. The summed E-state index contributed by atoms with van der Waals surface area (Å²) in [6.45, 7) is 6.03. The van der Waals surface area contributed by atoms with Gasteiger partial charge < -0.3 is 15.4 Å². The van der Waals surface area contributed by atoms with Gasteiger partial charge in [-0.15, -0.1) is 5.10 Å². The van der Waals surface area contributed by atoms with Gasteiger partial charge in [0.05, 0.1) is 6.61 Å². The van der Waals surface area contributed by atoms with Gasteiger partial charge in [-0.25, -0.2) is 0 Å². The lowest BCUT2D eigenvalue weighted by atomic mass is 9.96. The molecule has 1 aromatic rings. The predicted molar refractivity (Wildman–Crippen MR) is 76.9 cm³/mol. The summed E-state index contributed by atoms with van der Waals surface area (Å²) in [4.78, 5) is 25.5. The molecule has 1 aliphatic rings. The number of carbonyl (C=O) groups excluding carboxylic acids is 2. The number of aromatic nitrogens is 2. The second-order valence-corrected chi connectivity index (χ2v) is 5.11. The Bertz CT molecular complexity index is 518. The highest BCUT2D eigenvalue weighted by Crippen LogP contribution is 2.23. The Morgan fingerprint density at radius 2 is 2.05 bits per heavy atom. The van der Waals surface area contributed by atoms with E-state index < -0.39 is 0 Å². The van der Waals surface area contributed by atoms with E-state index in [0.717, 1.165) is 0 Å². The van der Waals surface area contributed by atoms with Crippen molar-refractivity contribution in [1.82, 2.24) is 14.7 Å². The molecule has 7 heteroatoms. The minimum absolute atomic E-state index is 0.0962. The molecule has 0 spiro atoms. The molecule has 2 heterocycles. The zero-order valence-electron chi connectivity index (χ0n) is 12.5. The van der Waals surface area contributed by atoms with Gasteiger partial charge in [-0.05, 0) is 26.7 Å². The second kappa shape index (κ2) is 6.60. The smallest absolute Gasteiger partial charge is 0.260 e. The lowest BCUT2D eigenvalue weighted by molar-refractivity contribution is -0.123. The third-order valence-electron chi connectivity index (χ3n) is 3.75. The van der Waals surface area contributed by atoms with E-state index in [-0.39, 0.29) is 17.7 Å². The molecule has 2 N–H and O–H groups in total. The molecule has 7 nitrogen and oxygen atoms in total. The summed E-state index contributed by atoms with van der Waals surface area (Å²) in [6, 6.07) is 0. The highest BCUT2D eigenvalue weighted by molar-refractivity contribution is 5.96. The number of likely N-dealkylation sites (tertiary alicyclic amines) is 1. The molecule has 116 valence electrons. The number of rotatable bonds is 5. The van der Waals surface area contributed by atoms with Crippen molar-refractivity contribution in [2.45, 2.75) is 33.2 Å². The molecular weight excluding hydrogens is 272 g/mol. The van der Waals surface area contributed by atoms with Crippen LogP contribution < -0.4 is 10.5 Å². The molecular formula is C14H22N4O3. The zero-order valence-corrected chi connectivity index (χ0v) is 12.5. The second-order valence-electron chi connectivity index (χ2n) is 5.11. The molecule has 2 amide bonds. The van der Waals surface area contributed by atoms with Crippen LogP contribution in [-0.4, -0.2) is 46.2 Å². The number of hydrogen-bond donors (Lipinski definition) is 1. The fourth-order valence-electron chi connectivity index (χ4n) is 2.49. The van der Waals surface area contributed by atoms with Crippen LogP contribution in [0.3, 0.4) is 0 Å². The molecule has 0 unspecified atom stereocenters. The number of carbonyl (C=O) groups is 2. The van der Waals surface area contributed by atoms with Crippen LogP contribution in [0.25, 0.3) is 0 Å². The van der Waals surface area contributed by atoms with Crippen molar-refractivity contribution in [1.29, 1.82) is 0 Å². The quantitative estimate of drug-likeness (QED) is 0.862. The first-order valence-corrected chi connectivity index (χ1v) is 7.35. The van der Waals surface area contributed by atoms with E-state index in [4.69, 9.17) is 10.5 Å². The average molecular weight is 294 g/mol. The molecule has 1 fully saturated rings. The molecule has 21 heavy (non-hydrogen) atoms. The van der Waals surface area contributed by atoms with Crippen molar-refractivity contribution < 1.29 is 14.3 Å². The maximum Gasteiger partial charge on any atom is 0.260 e. The van der Waals surface area contributed by atoms with Crippen LogP contribution in [0.2, 0.25) is 0 Å². The van der Waals surface area contributed by atoms with Gasteiger partial charge in [-0.1, -0.05) is 0 Å². The molecule has 1 saturated heterocycles. The summed E-state index contributed by atoms with van der Waals surface area (Å²) in [5.41, 5.74) is 5.79. The lowest BCUT2D eigenvalue weighted by Crippen LogP contribution is -2.41. The van der Waals surface area contributed by atoms with E-state index >= 15 is 0 Å². The lowest BCUT2D eigenvalue weighted by Gasteiger charge is -2.30. The Kier molecular flexibility index (Phi) is 4.82. The summed E-state index contributed by atoms with van der Waals surface area (Å²) >= 11 is 0. The third kappa shape index (κ3) is 3.34. The Hall–Kier alpha value is -2.05. The maximum absolute atomic E-state index is 12.6. The third-order valence-corrected chi connectivity index (χ3v) is 3.75. The number of primary amides is 1. The molecule has 2 rings (SSSR count). The van der Waals surface area contributed by atoms with Crippen molar-refractivity contribution in [3.63, 3.8) is 0 Å². The van der Waals surface area contributed by atoms with Crippen LogP contribution >= 0.6 is 0 Å². The number of ether oxygens (including phenoxy) is 1. The van der Waals surface area contributed by atoms with Gasteiger partial charge in [0.15, 0.2) is 0 Å². The molecule has 0 atom stereocenters. The van der Waals surface area contributed by atoms with Crippen molar-refractivity contribution in [2.75, 3.05) is 19.7 Å². The standard InChI is InChI=1S/C14H22N4O3/c1-3-18-9-11(13(16-18)21-4-2)14(20)17-7-5-10(6-8-17)12(15)19/h9-10H,3-8H2,1-2H3,(H2,15,19). The van der Waals surface area contributed by atoms with E-state index in [0.29, 0.717) is 50.5 Å². The fraction of sp³-hybridized carbons (Fsp3) is 0.643.